The summed E-state index contributed by atoms with van der Waals surface area (Å²) in [6.45, 7) is 3.91. The summed E-state index contributed by atoms with van der Waals surface area (Å²) < 4.78 is 1.75. The second kappa shape index (κ2) is 8.09. The molecule has 2 aromatic heterocycles. The lowest BCUT2D eigenvalue weighted by Crippen LogP contribution is -2.33. The molecule has 4 rings (SSSR count). The van der Waals surface area contributed by atoms with Crippen LogP contribution in [0.4, 0.5) is 0 Å². The van der Waals surface area contributed by atoms with Gasteiger partial charge in [0.05, 0.1) is 0 Å². The van der Waals surface area contributed by atoms with Crippen molar-refractivity contribution in [2.24, 2.45) is 0 Å². The van der Waals surface area contributed by atoms with Crippen LogP contribution >= 0.6 is 0 Å². The number of pyridine rings is 1. The molecule has 1 fully saturated rings. The molecule has 0 aliphatic carbocycles. The maximum atomic E-state index is 12.3. The van der Waals surface area contributed by atoms with Gasteiger partial charge in [-0.05, 0) is 55.8 Å². The van der Waals surface area contributed by atoms with Gasteiger partial charge in [-0.15, -0.1) is 10.2 Å². The first-order valence-electron chi connectivity index (χ1n) is 9.22. The van der Waals surface area contributed by atoms with Gasteiger partial charge in [-0.2, -0.15) is 0 Å². The van der Waals surface area contributed by atoms with Gasteiger partial charge in [-0.25, -0.2) is 4.98 Å². The third-order valence-electron chi connectivity index (χ3n) is 4.82. The Morgan fingerprint density at radius 3 is 2.33 bits per heavy atom. The molecular formula is C20H22N6O. The molecule has 1 N–H and O–H groups in total. The molecule has 0 radical (unpaired) electrons. The Hall–Kier alpha value is -3.06. The highest BCUT2D eigenvalue weighted by Gasteiger charge is 2.12. The van der Waals surface area contributed by atoms with Crippen LogP contribution in [-0.4, -0.2) is 56.7 Å². The maximum absolute atomic E-state index is 12.3. The molecule has 1 aliphatic heterocycles. The Bertz CT molecular complexity index is 868. The van der Waals surface area contributed by atoms with E-state index in [2.05, 4.69) is 25.4 Å². The van der Waals surface area contributed by atoms with Crippen LogP contribution in [0.1, 0.15) is 23.2 Å². The van der Waals surface area contributed by atoms with E-state index >= 15 is 0 Å². The van der Waals surface area contributed by atoms with Crippen molar-refractivity contribution in [3.05, 3.63) is 60.8 Å². The SMILES string of the molecule is O=C(NCCN1CCCC1)c1ccc(-c2ccc(-n3cnnc3)nc2)cc1. The molecule has 3 heterocycles. The van der Waals surface area contributed by atoms with E-state index in [1.54, 1.807) is 23.4 Å². The zero-order chi connectivity index (χ0) is 18.5. The van der Waals surface area contributed by atoms with Gasteiger partial charge in [-0.3, -0.25) is 9.36 Å². The molecule has 1 amide bonds. The number of nitrogens with zero attached hydrogens (tertiary/aromatic N) is 5. The minimum atomic E-state index is -0.0261. The lowest BCUT2D eigenvalue weighted by molar-refractivity contribution is 0.0950. The number of likely N-dealkylation sites (tertiary alicyclic amines) is 1. The van der Waals surface area contributed by atoms with Gasteiger partial charge >= 0.3 is 0 Å². The fraction of sp³-hybridized carbons (Fsp3) is 0.300. The molecule has 7 nitrogen and oxygen atoms in total. The molecule has 138 valence electrons. The number of aromatic nitrogens is 4. The average Bonchev–Trinajstić information content (AvgIpc) is 3.42. The second-order valence-electron chi connectivity index (χ2n) is 6.66. The summed E-state index contributed by atoms with van der Waals surface area (Å²) in [6, 6.07) is 11.5. The Morgan fingerprint density at radius 1 is 0.963 bits per heavy atom. The first kappa shape index (κ1) is 17.4. The van der Waals surface area contributed by atoms with Gasteiger partial charge in [-0.1, -0.05) is 12.1 Å². The Morgan fingerprint density at radius 2 is 1.67 bits per heavy atom. The van der Waals surface area contributed by atoms with Crippen molar-refractivity contribution < 1.29 is 4.79 Å². The minimum absolute atomic E-state index is 0.0261. The number of hydrogen-bond acceptors (Lipinski definition) is 5. The van der Waals surface area contributed by atoms with Gasteiger partial charge in [0.1, 0.15) is 18.5 Å². The Kier molecular flexibility index (Phi) is 5.20. The summed E-state index contributed by atoms with van der Waals surface area (Å²) in [7, 11) is 0. The number of amides is 1. The monoisotopic (exact) mass is 362 g/mol. The third-order valence-corrected chi connectivity index (χ3v) is 4.82. The first-order valence-corrected chi connectivity index (χ1v) is 9.22. The smallest absolute Gasteiger partial charge is 0.251 e. The van der Waals surface area contributed by atoms with Gasteiger partial charge < -0.3 is 10.2 Å². The molecule has 0 unspecified atom stereocenters. The van der Waals surface area contributed by atoms with Gasteiger partial charge in [0.15, 0.2) is 0 Å². The Balaban J connectivity index is 1.36. The predicted molar refractivity (Wildman–Crippen MR) is 103 cm³/mol. The maximum Gasteiger partial charge on any atom is 0.251 e. The van der Waals surface area contributed by atoms with Crippen LogP contribution in [0.15, 0.2) is 55.2 Å². The van der Waals surface area contributed by atoms with E-state index in [-0.39, 0.29) is 5.91 Å². The number of rotatable bonds is 6. The standard InChI is InChI=1S/C20H22N6O/c27-20(21-9-12-25-10-1-2-11-25)17-5-3-16(4-6-17)18-7-8-19(22-13-18)26-14-23-24-15-26/h3-8,13-15H,1-2,9-12H2,(H,21,27). The summed E-state index contributed by atoms with van der Waals surface area (Å²) >= 11 is 0. The molecule has 7 heteroatoms. The zero-order valence-corrected chi connectivity index (χ0v) is 15.1. The molecule has 0 bridgehead atoms. The summed E-state index contributed by atoms with van der Waals surface area (Å²) in [5.41, 5.74) is 2.69. The fourth-order valence-electron chi connectivity index (χ4n) is 3.28. The van der Waals surface area contributed by atoms with Gasteiger partial charge in [0, 0.05) is 30.4 Å². The first-order chi connectivity index (χ1) is 13.3. The van der Waals surface area contributed by atoms with Crippen LogP contribution < -0.4 is 5.32 Å². The van der Waals surface area contributed by atoms with Crippen molar-refractivity contribution in [3.8, 4) is 16.9 Å². The van der Waals surface area contributed by atoms with Gasteiger partial charge in [0.2, 0.25) is 0 Å². The van der Waals surface area contributed by atoms with E-state index in [4.69, 9.17) is 0 Å². The molecule has 0 spiro atoms. The van der Waals surface area contributed by atoms with E-state index in [1.165, 1.54) is 12.8 Å². The molecular weight excluding hydrogens is 340 g/mol. The van der Waals surface area contributed by atoms with Crippen molar-refractivity contribution in [3.63, 3.8) is 0 Å². The number of carbonyl (C=O) groups excluding carboxylic acids is 1. The largest absolute Gasteiger partial charge is 0.351 e. The highest BCUT2D eigenvalue weighted by molar-refractivity contribution is 5.94. The van der Waals surface area contributed by atoms with Crippen LogP contribution in [-0.2, 0) is 0 Å². The summed E-state index contributed by atoms with van der Waals surface area (Å²) in [5.74, 6) is 0.736. The van der Waals surface area contributed by atoms with Gasteiger partial charge in [0.25, 0.3) is 5.91 Å². The van der Waals surface area contributed by atoms with Crippen molar-refractivity contribution in [2.45, 2.75) is 12.8 Å². The number of benzene rings is 1. The van der Waals surface area contributed by atoms with E-state index in [0.29, 0.717) is 12.1 Å². The summed E-state index contributed by atoms with van der Waals surface area (Å²) in [6.07, 6.45) is 7.56. The van der Waals surface area contributed by atoms with Crippen LogP contribution in [0.2, 0.25) is 0 Å². The van der Waals surface area contributed by atoms with Crippen molar-refractivity contribution in [2.75, 3.05) is 26.2 Å². The molecule has 0 saturated carbocycles. The zero-order valence-electron chi connectivity index (χ0n) is 15.1. The highest BCUT2D eigenvalue weighted by atomic mass is 16.1. The van der Waals surface area contributed by atoms with Crippen molar-refractivity contribution in [1.82, 2.24) is 30.0 Å². The quantitative estimate of drug-likeness (QED) is 0.727. The molecule has 1 saturated heterocycles. The normalized spacial score (nSPS) is 14.4. The lowest BCUT2D eigenvalue weighted by Gasteiger charge is -2.14. The number of nitrogens with one attached hydrogen (secondary N) is 1. The van der Waals surface area contributed by atoms with Crippen LogP contribution in [0, 0.1) is 0 Å². The lowest BCUT2D eigenvalue weighted by atomic mass is 10.1. The molecule has 3 aromatic rings. The van der Waals surface area contributed by atoms with Crippen molar-refractivity contribution in [1.29, 1.82) is 0 Å². The van der Waals surface area contributed by atoms with Crippen LogP contribution in [0.5, 0.6) is 0 Å². The minimum Gasteiger partial charge on any atom is -0.351 e. The van der Waals surface area contributed by atoms with Crippen molar-refractivity contribution >= 4 is 5.91 Å². The summed E-state index contributed by atoms with van der Waals surface area (Å²) in [5, 5.41) is 10.6. The topological polar surface area (TPSA) is 75.9 Å². The summed E-state index contributed by atoms with van der Waals surface area (Å²) in [4.78, 5) is 19.1. The van der Waals surface area contributed by atoms with E-state index in [1.807, 2.05) is 36.4 Å². The third kappa shape index (κ3) is 4.20. The van der Waals surface area contributed by atoms with Crippen LogP contribution in [0.25, 0.3) is 16.9 Å². The van der Waals surface area contributed by atoms with E-state index in [0.717, 1.165) is 36.6 Å². The predicted octanol–water partition coefficient (Wildman–Crippen LogP) is 2.15. The molecule has 27 heavy (non-hydrogen) atoms. The average molecular weight is 362 g/mol. The molecule has 1 aromatic carbocycles. The second-order valence-corrected chi connectivity index (χ2v) is 6.66. The highest BCUT2D eigenvalue weighted by Crippen LogP contribution is 2.20. The molecule has 0 atom stereocenters. The fourth-order valence-corrected chi connectivity index (χ4v) is 3.28. The number of hydrogen-bond donors (Lipinski definition) is 1. The molecule has 1 aliphatic rings. The van der Waals surface area contributed by atoms with E-state index in [9.17, 15) is 4.79 Å². The Labute approximate surface area is 158 Å². The van der Waals surface area contributed by atoms with E-state index < -0.39 is 0 Å². The number of carbonyl (C=O) groups is 1. The van der Waals surface area contributed by atoms with Crippen LogP contribution in [0.3, 0.4) is 0 Å².